The molecule has 0 saturated heterocycles. The number of benzene rings is 3. The summed E-state index contributed by atoms with van der Waals surface area (Å²) in [5, 5.41) is 0. The molecule has 0 nitrogen and oxygen atoms in total. The van der Waals surface area contributed by atoms with E-state index in [0.29, 0.717) is 0 Å². The van der Waals surface area contributed by atoms with E-state index in [9.17, 15) is 0 Å². The molecule has 0 spiro atoms. The predicted octanol–water partition coefficient (Wildman–Crippen LogP) is 5.64. The van der Waals surface area contributed by atoms with E-state index >= 15 is 0 Å². The van der Waals surface area contributed by atoms with Crippen LogP contribution in [0.5, 0.6) is 0 Å². The van der Waals surface area contributed by atoms with Gasteiger partial charge in [0.2, 0.25) is 0 Å². The quantitative estimate of drug-likeness (QED) is 0.558. The Balaban J connectivity index is 2.15. The van der Waals surface area contributed by atoms with Gasteiger partial charge in [0.1, 0.15) is 0 Å². The molecule has 0 saturated carbocycles. The molecule has 0 amide bonds. The summed E-state index contributed by atoms with van der Waals surface area (Å²) < 4.78 is 0. The summed E-state index contributed by atoms with van der Waals surface area (Å²) in [6.45, 7) is 4.35. The molecule has 3 rings (SSSR count). The molecule has 0 aromatic heterocycles. The van der Waals surface area contributed by atoms with E-state index in [2.05, 4.69) is 86.6 Å². The van der Waals surface area contributed by atoms with Gasteiger partial charge < -0.3 is 0 Å². The summed E-state index contributed by atoms with van der Waals surface area (Å²) in [4.78, 5) is 0. The fraction of sp³-hybridized carbons (Fsp3) is 0.100. The van der Waals surface area contributed by atoms with Crippen LogP contribution in [0.2, 0.25) is 0 Å². The highest BCUT2D eigenvalue weighted by Gasteiger charge is 2.06. The zero-order valence-electron chi connectivity index (χ0n) is 11.9. The van der Waals surface area contributed by atoms with Gasteiger partial charge in [0.05, 0.1) is 0 Å². The van der Waals surface area contributed by atoms with E-state index in [-0.39, 0.29) is 0 Å². The van der Waals surface area contributed by atoms with Crippen molar-refractivity contribution >= 4 is 0 Å². The predicted molar refractivity (Wildman–Crippen MR) is 86.8 cm³/mol. The Bertz CT molecular complexity index is 724. The fourth-order valence-electron chi connectivity index (χ4n) is 2.60. The SMILES string of the molecule is Cc1ccccc1-c1cc(-c2ccccc2)ccc1C. The van der Waals surface area contributed by atoms with Gasteiger partial charge in [0.15, 0.2) is 0 Å². The lowest BCUT2D eigenvalue weighted by Crippen LogP contribution is -1.88. The summed E-state index contributed by atoms with van der Waals surface area (Å²) in [6.07, 6.45) is 0. The minimum Gasteiger partial charge on any atom is -0.0622 e. The molecule has 0 aliphatic heterocycles. The average molecular weight is 258 g/mol. The molecular formula is C20H18. The maximum Gasteiger partial charge on any atom is -0.0146 e. The van der Waals surface area contributed by atoms with Crippen LogP contribution in [0, 0.1) is 13.8 Å². The molecule has 0 heteroatoms. The molecule has 98 valence electrons. The van der Waals surface area contributed by atoms with Gasteiger partial charge >= 0.3 is 0 Å². The molecule has 3 aromatic rings. The van der Waals surface area contributed by atoms with E-state index in [0.717, 1.165) is 0 Å². The number of hydrogen-bond acceptors (Lipinski definition) is 0. The van der Waals surface area contributed by atoms with Crippen molar-refractivity contribution in [3.05, 3.63) is 83.9 Å². The van der Waals surface area contributed by atoms with Crippen molar-refractivity contribution in [1.82, 2.24) is 0 Å². The Labute approximate surface area is 120 Å². The van der Waals surface area contributed by atoms with Crippen LogP contribution in [-0.4, -0.2) is 0 Å². The van der Waals surface area contributed by atoms with Crippen molar-refractivity contribution in [2.75, 3.05) is 0 Å². The van der Waals surface area contributed by atoms with Crippen molar-refractivity contribution in [2.24, 2.45) is 0 Å². The first-order valence-electron chi connectivity index (χ1n) is 6.98. The van der Waals surface area contributed by atoms with Crippen molar-refractivity contribution in [1.29, 1.82) is 0 Å². The van der Waals surface area contributed by atoms with E-state index in [4.69, 9.17) is 0 Å². The first-order valence-corrected chi connectivity index (χ1v) is 6.98. The Kier molecular flexibility index (Phi) is 3.39. The lowest BCUT2D eigenvalue weighted by Gasteiger charge is -2.12. The third kappa shape index (κ3) is 2.37. The van der Waals surface area contributed by atoms with Crippen LogP contribution < -0.4 is 0 Å². The van der Waals surface area contributed by atoms with Crippen LogP contribution in [0.4, 0.5) is 0 Å². The maximum atomic E-state index is 2.30. The highest BCUT2D eigenvalue weighted by Crippen LogP contribution is 2.31. The minimum atomic E-state index is 1.27. The monoisotopic (exact) mass is 258 g/mol. The van der Waals surface area contributed by atoms with Gasteiger partial charge in [-0.3, -0.25) is 0 Å². The molecule has 0 N–H and O–H groups in total. The Hall–Kier alpha value is -2.34. The summed E-state index contributed by atoms with van der Waals surface area (Å²) in [6, 6.07) is 25.8. The minimum absolute atomic E-state index is 1.27. The smallest absolute Gasteiger partial charge is 0.0146 e. The van der Waals surface area contributed by atoms with Gasteiger partial charge in [-0.05, 0) is 53.3 Å². The summed E-state index contributed by atoms with van der Waals surface area (Å²) in [5.74, 6) is 0. The molecule has 3 aromatic carbocycles. The number of aryl methyl sites for hydroxylation is 2. The summed E-state index contributed by atoms with van der Waals surface area (Å²) in [7, 11) is 0. The van der Waals surface area contributed by atoms with Crippen LogP contribution in [-0.2, 0) is 0 Å². The van der Waals surface area contributed by atoms with Crippen LogP contribution >= 0.6 is 0 Å². The van der Waals surface area contributed by atoms with Crippen LogP contribution in [0.1, 0.15) is 11.1 Å². The van der Waals surface area contributed by atoms with Crippen molar-refractivity contribution < 1.29 is 0 Å². The fourth-order valence-corrected chi connectivity index (χ4v) is 2.60. The summed E-state index contributed by atoms with van der Waals surface area (Å²) >= 11 is 0. The molecule has 0 fully saturated rings. The van der Waals surface area contributed by atoms with Crippen molar-refractivity contribution in [2.45, 2.75) is 13.8 Å². The van der Waals surface area contributed by atoms with E-state index in [1.54, 1.807) is 0 Å². The van der Waals surface area contributed by atoms with Gasteiger partial charge in [-0.15, -0.1) is 0 Å². The molecule has 0 aliphatic carbocycles. The van der Waals surface area contributed by atoms with E-state index in [1.807, 2.05) is 0 Å². The lowest BCUT2D eigenvalue weighted by molar-refractivity contribution is 1.41. The normalized spacial score (nSPS) is 10.5. The van der Waals surface area contributed by atoms with Gasteiger partial charge in [-0.2, -0.15) is 0 Å². The molecule has 0 atom stereocenters. The molecule has 0 heterocycles. The number of hydrogen-bond donors (Lipinski definition) is 0. The van der Waals surface area contributed by atoms with Crippen LogP contribution in [0.15, 0.2) is 72.8 Å². The first-order chi connectivity index (χ1) is 9.75. The average Bonchev–Trinajstić information content (AvgIpc) is 2.49. The molecule has 0 aliphatic rings. The van der Waals surface area contributed by atoms with Crippen LogP contribution in [0.25, 0.3) is 22.3 Å². The standard InChI is InChI=1S/C20H18/c1-15-8-6-7-11-19(15)20-14-18(13-12-16(20)2)17-9-4-3-5-10-17/h3-14H,1-2H3. The van der Waals surface area contributed by atoms with Gasteiger partial charge in [-0.25, -0.2) is 0 Å². The molecule has 0 unspecified atom stereocenters. The Morgan fingerprint density at radius 2 is 1.15 bits per heavy atom. The second kappa shape index (κ2) is 5.34. The highest BCUT2D eigenvalue weighted by atomic mass is 14.1. The van der Waals surface area contributed by atoms with Gasteiger partial charge in [0, 0.05) is 0 Å². The molecule has 20 heavy (non-hydrogen) atoms. The second-order valence-electron chi connectivity index (χ2n) is 5.21. The number of rotatable bonds is 2. The van der Waals surface area contributed by atoms with E-state index in [1.165, 1.54) is 33.4 Å². The molecule has 0 radical (unpaired) electrons. The zero-order valence-corrected chi connectivity index (χ0v) is 11.9. The van der Waals surface area contributed by atoms with Gasteiger partial charge in [0.25, 0.3) is 0 Å². The van der Waals surface area contributed by atoms with E-state index < -0.39 is 0 Å². The lowest BCUT2D eigenvalue weighted by atomic mass is 9.93. The highest BCUT2D eigenvalue weighted by molar-refractivity contribution is 5.77. The Morgan fingerprint density at radius 3 is 1.90 bits per heavy atom. The van der Waals surface area contributed by atoms with Crippen LogP contribution in [0.3, 0.4) is 0 Å². The van der Waals surface area contributed by atoms with Crippen molar-refractivity contribution in [3.8, 4) is 22.3 Å². The zero-order chi connectivity index (χ0) is 13.9. The third-order valence-corrected chi connectivity index (χ3v) is 3.78. The third-order valence-electron chi connectivity index (χ3n) is 3.78. The molecule has 0 bridgehead atoms. The maximum absolute atomic E-state index is 2.30. The topological polar surface area (TPSA) is 0 Å². The first kappa shape index (κ1) is 12.7. The Morgan fingerprint density at radius 1 is 0.500 bits per heavy atom. The second-order valence-corrected chi connectivity index (χ2v) is 5.21. The summed E-state index contributed by atoms with van der Waals surface area (Å²) in [5.41, 5.74) is 7.82. The molecular weight excluding hydrogens is 240 g/mol. The largest absolute Gasteiger partial charge is 0.0622 e. The van der Waals surface area contributed by atoms with Crippen molar-refractivity contribution in [3.63, 3.8) is 0 Å². The van der Waals surface area contributed by atoms with Gasteiger partial charge in [-0.1, -0.05) is 66.7 Å².